The Balaban J connectivity index is 1.94. The van der Waals surface area contributed by atoms with Crippen molar-refractivity contribution in [2.45, 2.75) is 11.2 Å². The van der Waals surface area contributed by atoms with E-state index in [2.05, 4.69) is 64.5 Å². The number of hydrogen-bond acceptors (Lipinski definition) is 0. The maximum Gasteiger partial charge on any atom is 0.0441 e. The summed E-state index contributed by atoms with van der Waals surface area (Å²) in [4.78, 5) is 0.284. The van der Waals surface area contributed by atoms with Crippen LogP contribution in [0.4, 0.5) is 0 Å². The molecule has 0 saturated carbocycles. The first kappa shape index (κ1) is 13.7. The molecule has 0 nitrogen and oxygen atoms in total. The molecule has 0 bridgehead atoms. The highest BCUT2D eigenvalue weighted by atomic mass is 79.9. The van der Waals surface area contributed by atoms with Crippen molar-refractivity contribution < 1.29 is 0 Å². The SMILES string of the molecule is Clc1cccc(CC(Br)c2cccc3ccccc23)c1. The van der Waals surface area contributed by atoms with Gasteiger partial charge >= 0.3 is 0 Å². The third-order valence-electron chi connectivity index (χ3n) is 3.46. The summed E-state index contributed by atoms with van der Waals surface area (Å²) in [5.74, 6) is 0. The maximum atomic E-state index is 6.05. The van der Waals surface area contributed by atoms with Gasteiger partial charge in [-0.1, -0.05) is 82.1 Å². The van der Waals surface area contributed by atoms with Crippen LogP contribution in [-0.4, -0.2) is 0 Å². The topological polar surface area (TPSA) is 0 Å². The van der Waals surface area contributed by atoms with E-state index in [1.165, 1.54) is 21.9 Å². The smallest absolute Gasteiger partial charge is 0.0441 e. The molecular weight excluding hydrogens is 332 g/mol. The van der Waals surface area contributed by atoms with Gasteiger partial charge in [0, 0.05) is 9.85 Å². The monoisotopic (exact) mass is 344 g/mol. The van der Waals surface area contributed by atoms with Gasteiger partial charge < -0.3 is 0 Å². The van der Waals surface area contributed by atoms with Crippen LogP contribution >= 0.6 is 27.5 Å². The summed E-state index contributed by atoms with van der Waals surface area (Å²) in [6, 6.07) is 23.0. The number of halogens is 2. The predicted molar refractivity (Wildman–Crippen MR) is 90.8 cm³/mol. The molecule has 0 amide bonds. The molecule has 0 spiro atoms. The van der Waals surface area contributed by atoms with Crippen molar-refractivity contribution in [1.29, 1.82) is 0 Å². The van der Waals surface area contributed by atoms with Crippen molar-refractivity contribution in [3.05, 3.63) is 82.9 Å². The Bertz CT molecular complexity index is 731. The lowest BCUT2D eigenvalue weighted by Crippen LogP contribution is -1.96. The van der Waals surface area contributed by atoms with Crippen LogP contribution in [0.25, 0.3) is 10.8 Å². The molecule has 1 atom stereocenters. The molecule has 0 N–H and O–H groups in total. The summed E-state index contributed by atoms with van der Waals surface area (Å²) in [6.07, 6.45) is 0.925. The van der Waals surface area contributed by atoms with Crippen molar-refractivity contribution in [2.24, 2.45) is 0 Å². The summed E-state index contributed by atoms with van der Waals surface area (Å²) in [5, 5.41) is 3.37. The Labute approximate surface area is 132 Å². The van der Waals surface area contributed by atoms with E-state index in [1.54, 1.807) is 0 Å². The van der Waals surface area contributed by atoms with Crippen LogP contribution in [0.15, 0.2) is 66.7 Å². The third kappa shape index (κ3) is 2.89. The summed E-state index contributed by atoms with van der Waals surface area (Å²) in [6.45, 7) is 0. The van der Waals surface area contributed by atoms with Crippen molar-refractivity contribution in [1.82, 2.24) is 0 Å². The van der Waals surface area contributed by atoms with Gasteiger partial charge in [0.1, 0.15) is 0 Å². The zero-order chi connectivity index (χ0) is 13.9. The molecule has 0 fully saturated rings. The van der Waals surface area contributed by atoms with Gasteiger partial charge in [0.2, 0.25) is 0 Å². The van der Waals surface area contributed by atoms with E-state index < -0.39 is 0 Å². The lowest BCUT2D eigenvalue weighted by molar-refractivity contribution is 0.958. The molecule has 3 rings (SSSR count). The fourth-order valence-electron chi connectivity index (χ4n) is 2.50. The van der Waals surface area contributed by atoms with E-state index in [-0.39, 0.29) is 4.83 Å². The van der Waals surface area contributed by atoms with E-state index >= 15 is 0 Å². The van der Waals surface area contributed by atoms with Gasteiger partial charge in [-0.2, -0.15) is 0 Å². The molecule has 20 heavy (non-hydrogen) atoms. The minimum absolute atomic E-state index is 0.284. The Morgan fingerprint density at radius 1 is 0.900 bits per heavy atom. The van der Waals surface area contributed by atoms with Crippen LogP contribution in [-0.2, 0) is 6.42 Å². The lowest BCUT2D eigenvalue weighted by Gasteiger charge is -2.13. The fourth-order valence-corrected chi connectivity index (χ4v) is 3.49. The second kappa shape index (κ2) is 5.99. The van der Waals surface area contributed by atoms with Gasteiger partial charge in [-0.25, -0.2) is 0 Å². The average molecular weight is 346 g/mol. The first-order chi connectivity index (χ1) is 9.74. The van der Waals surface area contributed by atoms with Gasteiger partial charge in [0.05, 0.1) is 0 Å². The van der Waals surface area contributed by atoms with Crippen LogP contribution < -0.4 is 0 Å². The van der Waals surface area contributed by atoms with Crippen LogP contribution in [0, 0.1) is 0 Å². The second-order valence-electron chi connectivity index (χ2n) is 4.87. The molecular formula is C18H14BrCl. The van der Waals surface area contributed by atoms with Crippen LogP contribution in [0.2, 0.25) is 5.02 Å². The van der Waals surface area contributed by atoms with Crippen molar-refractivity contribution >= 4 is 38.3 Å². The number of rotatable bonds is 3. The Morgan fingerprint density at radius 2 is 1.65 bits per heavy atom. The minimum Gasteiger partial charge on any atom is -0.0843 e. The minimum atomic E-state index is 0.284. The summed E-state index contributed by atoms with van der Waals surface area (Å²) in [5.41, 5.74) is 2.57. The van der Waals surface area contributed by atoms with E-state index in [1.807, 2.05) is 18.2 Å². The highest BCUT2D eigenvalue weighted by molar-refractivity contribution is 9.09. The second-order valence-corrected chi connectivity index (χ2v) is 6.41. The lowest BCUT2D eigenvalue weighted by atomic mass is 9.98. The van der Waals surface area contributed by atoms with Crippen molar-refractivity contribution in [2.75, 3.05) is 0 Å². The molecule has 3 aromatic carbocycles. The van der Waals surface area contributed by atoms with Crippen LogP contribution in [0.1, 0.15) is 16.0 Å². The van der Waals surface area contributed by atoms with Gasteiger partial charge in [-0.15, -0.1) is 0 Å². The fraction of sp³-hybridized carbons (Fsp3) is 0.111. The number of hydrogen-bond donors (Lipinski definition) is 0. The normalized spacial score (nSPS) is 12.5. The largest absolute Gasteiger partial charge is 0.0843 e. The van der Waals surface area contributed by atoms with E-state index in [9.17, 15) is 0 Å². The van der Waals surface area contributed by atoms with Gasteiger partial charge in [-0.05, 0) is 40.5 Å². The molecule has 0 aliphatic carbocycles. The number of fused-ring (bicyclic) bond motifs is 1. The maximum absolute atomic E-state index is 6.05. The molecule has 0 heterocycles. The van der Waals surface area contributed by atoms with E-state index in [0.717, 1.165) is 11.4 Å². The summed E-state index contributed by atoms with van der Waals surface area (Å²) >= 11 is 9.88. The predicted octanol–water partition coefficient (Wildman–Crippen LogP) is 6.17. The summed E-state index contributed by atoms with van der Waals surface area (Å²) < 4.78 is 0. The average Bonchev–Trinajstić information content (AvgIpc) is 2.46. The third-order valence-corrected chi connectivity index (χ3v) is 4.52. The zero-order valence-electron chi connectivity index (χ0n) is 10.9. The molecule has 0 aliphatic rings. The molecule has 2 heteroatoms. The molecule has 0 aromatic heterocycles. The molecule has 0 saturated heterocycles. The Kier molecular flexibility index (Phi) is 4.09. The standard InChI is InChI=1S/C18H14BrCl/c19-18(12-13-5-3-8-15(20)11-13)17-10-4-7-14-6-1-2-9-16(14)17/h1-11,18H,12H2. The molecule has 0 radical (unpaired) electrons. The molecule has 1 unspecified atom stereocenters. The first-order valence-electron chi connectivity index (χ1n) is 6.60. The number of benzene rings is 3. The van der Waals surface area contributed by atoms with Gasteiger partial charge in [0.15, 0.2) is 0 Å². The van der Waals surface area contributed by atoms with E-state index in [0.29, 0.717) is 0 Å². The van der Waals surface area contributed by atoms with Crippen LogP contribution in [0.3, 0.4) is 0 Å². The molecule has 100 valence electrons. The van der Waals surface area contributed by atoms with Crippen molar-refractivity contribution in [3.8, 4) is 0 Å². The first-order valence-corrected chi connectivity index (χ1v) is 7.89. The highest BCUT2D eigenvalue weighted by Crippen LogP contribution is 2.32. The Morgan fingerprint density at radius 3 is 2.50 bits per heavy atom. The quantitative estimate of drug-likeness (QED) is 0.498. The van der Waals surface area contributed by atoms with Gasteiger partial charge in [0.25, 0.3) is 0 Å². The molecule has 0 aliphatic heterocycles. The number of alkyl halides is 1. The highest BCUT2D eigenvalue weighted by Gasteiger charge is 2.11. The van der Waals surface area contributed by atoms with Crippen molar-refractivity contribution in [3.63, 3.8) is 0 Å². The Hall–Kier alpha value is -1.31. The van der Waals surface area contributed by atoms with Gasteiger partial charge in [-0.3, -0.25) is 0 Å². The zero-order valence-corrected chi connectivity index (χ0v) is 13.2. The molecule has 3 aromatic rings. The summed E-state index contributed by atoms with van der Waals surface area (Å²) in [7, 11) is 0. The van der Waals surface area contributed by atoms with Crippen LogP contribution in [0.5, 0.6) is 0 Å². The van der Waals surface area contributed by atoms with E-state index in [4.69, 9.17) is 11.6 Å².